The van der Waals surface area contributed by atoms with Gasteiger partial charge in [-0.05, 0) is 42.8 Å². The Balaban J connectivity index is 0.000000785. The molecule has 0 unspecified atom stereocenters. The molecule has 3 aromatic rings. The second-order valence-electron chi connectivity index (χ2n) is 6.02. The Kier molecular flexibility index (Phi) is 8.67. The number of aromatic nitrogens is 1. The summed E-state index contributed by atoms with van der Waals surface area (Å²) in [6, 6.07) is 14.9. The molecule has 0 aliphatic rings. The van der Waals surface area contributed by atoms with Crippen molar-refractivity contribution in [3.05, 3.63) is 102 Å². The summed E-state index contributed by atoms with van der Waals surface area (Å²) in [5.41, 5.74) is 0.0440. The highest BCUT2D eigenvalue weighted by molar-refractivity contribution is 5.98. The molecule has 0 saturated carbocycles. The van der Waals surface area contributed by atoms with E-state index in [2.05, 4.69) is 18.5 Å². The van der Waals surface area contributed by atoms with E-state index in [0.29, 0.717) is 0 Å². The van der Waals surface area contributed by atoms with Crippen LogP contribution < -0.4 is 9.47 Å². The van der Waals surface area contributed by atoms with Gasteiger partial charge in [0.15, 0.2) is 0 Å². The molecule has 158 valence electrons. The molecular weight excluding hydrogens is 398 g/mol. The molecule has 1 N–H and O–H groups in total. The fraction of sp³-hybridized carbons (Fsp3) is 0.0833. The number of rotatable bonds is 6. The first-order valence-electron chi connectivity index (χ1n) is 9.34. The summed E-state index contributed by atoms with van der Waals surface area (Å²) in [5, 5.41) is 9.18. The minimum absolute atomic E-state index is 0.0100. The van der Waals surface area contributed by atoms with Gasteiger partial charge in [0.2, 0.25) is 0 Å². The molecular formula is C24H21NO6. The lowest BCUT2D eigenvalue weighted by Gasteiger charge is -2.11. The smallest absolute Gasteiger partial charge is 0.347 e. The van der Waals surface area contributed by atoms with Crippen LogP contribution in [0.25, 0.3) is 0 Å². The summed E-state index contributed by atoms with van der Waals surface area (Å²) in [6.07, 6.45) is 5.81. The molecule has 0 saturated heterocycles. The number of benzene rings is 2. The quantitative estimate of drug-likeness (QED) is 0.348. The standard InChI is InChI=1S/C20H13NO6.C4H8/c22-18(23)14-7-1-3-9-16(14)27-20(25)15-8-2-4-10-17(15)26-19(24)13-6-5-11-21-12-13;1-3-4-2/h1-12H,(H,22,23);3H,1,4H2,2H3. The van der Waals surface area contributed by atoms with Gasteiger partial charge in [-0.25, -0.2) is 14.4 Å². The van der Waals surface area contributed by atoms with Crippen molar-refractivity contribution in [2.24, 2.45) is 0 Å². The zero-order chi connectivity index (χ0) is 22.6. The third kappa shape index (κ3) is 6.64. The Morgan fingerprint density at radius 2 is 1.45 bits per heavy atom. The van der Waals surface area contributed by atoms with Crippen molar-refractivity contribution in [3.8, 4) is 11.5 Å². The maximum Gasteiger partial charge on any atom is 0.347 e. The Morgan fingerprint density at radius 3 is 2.00 bits per heavy atom. The number of para-hydroxylation sites is 2. The summed E-state index contributed by atoms with van der Waals surface area (Å²) in [5.74, 6) is -2.88. The highest BCUT2D eigenvalue weighted by Crippen LogP contribution is 2.24. The lowest BCUT2D eigenvalue weighted by Crippen LogP contribution is -2.15. The largest absolute Gasteiger partial charge is 0.478 e. The van der Waals surface area contributed by atoms with Crippen molar-refractivity contribution >= 4 is 17.9 Å². The number of ether oxygens (including phenoxy) is 2. The number of esters is 2. The summed E-state index contributed by atoms with van der Waals surface area (Å²) < 4.78 is 10.5. The van der Waals surface area contributed by atoms with Crippen LogP contribution in [0, 0.1) is 0 Å². The molecule has 1 aromatic heterocycles. The maximum absolute atomic E-state index is 12.5. The van der Waals surface area contributed by atoms with Crippen LogP contribution in [0.3, 0.4) is 0 Å². The van der Waals surface area contributed by atoms with E-state index in [0.717, 1.165) is 6.42 Å². The second kappa shape index (κ2) is 11.7. The number of hydrogen-bond donors (Lipinski definition) is 1. The summed E-state index contributed by atoms with van der Waals surface area (Å²) in [6.45, 7) is 5.54. The zero-order valence-corrected chi connectivity index (χ0v) is 16.9. The van der Waals surface area contributed by atoms with Crippen molar-refractivity contribution in [2.75, 3.05) is 0 Å². The van der Waals surface area contributed by atoms with Gasteiger partial charge in [-0.2, -0.15) is 0 Å². The number of carbonyl (C=O) groups is 3. The first kappa shape index (κ1) is 23.0. The van der Waals surface area contributed by atoms with Gasteiger partial charge in [0.25, 0.3) is 0 Å². The van der Waals surface area contributed by atoms with E-state index in [4.69, 9.17) is 9.47 Å². The monoisotopic (exact) mass is 419 g/mol. The van der Waals surface area contributed by atoms with Crippen molar-refractivity contribution < 1.29 is 29.0 Å². The molecule has 2 aromatic carbocycles. The first-order valence-corrected chi connectivity index (χ1v) is 9.34. The van der Waals surface area contributed by atoms with Crippen LogP contribution in [0.2, 0.25) is 0 Å². The molecule has 0 spiro atoms. The van der Waals surface area contributed by atoms with E-state index in [-0.39, 0.29) is 28.2 Å². The Hall–Kier alpha value is -4.26. The van der Waals surface area contributed by atoms with Gasteiger partial charge in [-0.1, -0.05) is 37.3 Å². The number of nitrogens with zero attached hydrogens (tertiary/aromatic N) is 1. The van der Waals surface area contributed by atoms with Crippen LogP contribution in [-0.2, 0) is 0 Å². The number of carboxylic acids is 1. The van der Waals surface area contributed by atoms with E-state index in [1.54, 1.807) is 24.3 Å². The van der Waals surface area contributed by atoms with Gasteiger partial charge >= 0.3 is 17.9 Å². The van der Waals surface area contributed by atoms with Crippen LogP contribution in [0.5, 0.6) is 11.5 Å². The van der Waals surface area contributed by atoms with Crippen molar-refractivity contribution in [1.82, 2.24) is 4.98 Å². The summed E-state index contributed by atoms with van der Waals surface area (Å²) >= 11 is 0. The molecule has 7 nitrogen and oxygen atoms in total. The van der Waals surface area contributed by atoms with E-state index in [9.17, 15) is 19.5 Å². The lowest BCUT2D eigenvalue weighted by molar-refractivity contribution is 0.0681. The van der Waals surface area contributed by atoms with Gasteiger partial charge in [0, 0.05) is 12.4 Å². The van der Waals surface area contributed by atoms with Crippen molar-refractivity contribution in [1.29, 1.82) is 0 Å². The normalized spacial score (nSPS) is 9.58. The average molecular weight is 419 g/mol. The number of hydrogen-bond acceptors (Lipinski definition) is 6. The molecule has 1 heterocycles. The van der Waals surface area contributed by atoms with Crippen LogP contribution in [0.4, 0.5) is 0 Å². The number of pyridine rings is 1. The fourth-order valence-electron chi connectivity index (χ4n) is 2.25. The number of allylic oxidation sites excluding steroid dienone is 1. The van der Waals surface area contributed by atoms with Crippen LogP contribution in [0.15, 0.2) is 85.7 Å². The lowest BCUT2D eigenvalue weighted by atomic mass is 10.2. The minimum Gasteiger partial charge on any atom is -0.478 e. The Labute approximate surface area is 179 Å². The SMILES string of the molecule is C=CCC.O=C(Oc1ccccc1C(=O)Oc1ccccc1C(=O)O)c1cccnc1. The molecule has 0 amide bonds. The van der Waals surface area contributed by atoms with E-state index >= 15 is 0 Å². The van der Waals surface area contributed by atoms with Gasteiger partial charge < -0.3 is 14.6 Å². The van der Waals surface area contributed by atoms with Crippen LogP contribution in [-0.4, -0.2) is 28.0 Å². The second-order valence-corrected chi connectivity index (χ2v) is 6.02. The fourth-order valence-corrected chi connectivity index (χ4v) is 2.25. The molecule has 0 fully saturated rings. The van der Waals surface area contributed by atoms with Crippen LogP contribution in [0.1, 0.15) is 44.4 Å². The highest BCUT2D eigenvalue weighted by atomic mass is 16.6. The topological polar surface area (TPSA) is 103 Å². The third-order valence-electron chi connectivity index (χ3n) is 3.82. The van der Waals surface area contributed by atoms with Gasteiger partial charge in [0.1, 0.15) is 22.6 Å². The molecule has 0 radical (unpaired) electrons. The van der Waals surface area contributed by atoms with Crippen molar-refractivity contribution in [2.45, 2.75) is 13.3 Å². The van der Waals surface area contributed by atoms with Gasteiger partial charge in [-0.15, -0.1) is 6.58 Å². The number of carbonyl (C=O) groups excluding carboxylic acids is 2. The van der Waals surface area contributed by atoms with E-state index < -0.39 is 17.9 Å². The zero-order valence-electron chi connectivity index (χ0n) is 16.9. The number of aromatic carboxylic acids is 1. The van der Waals surface area contributed by atoms with Crippen LogP contribution >= 0.6 is 0 Å². The van der Waals surface area contributed by atoms with Gasteiger partial charge in [0.05, 0.1) is 5.56 Å². The van der Waals surface area contributed by atoms with Gasteiger partial charge in [-0.3, -0.25) is 4.98 Å². The first-order chi connectivity index (χ1) is 15.0. The highest BCUT2D eigenvalue weighted by Gasteiger charge is 2.20. The minimum atomic E-state index is -1.23. The Bertz CT molecular complexity index is 1060. The number of carboxylic acid groups (broad SMARTS) is 1. The molecule has 0 aliphatic carbocycles. The predicted octanol–water partition coefficient (Wildman–Crippen LogP) is 4.80. The Morgan fingerprint density at radius 1 is 0.903 bits per heavy atom. The predicted molar refractivity (Wildman–Crippen MR) is 114 cm³/mol. The molecule has 31 heavy (non-hydrogen) atoms. The van der Waals surface area contributed by atoms with E-state index in [1.165, 1.54) is 48.8 Å². The molecule has 3 rings (SSSR count). The van der Waals surface area contributed by atoms with Crippen molar-refractivity contribution in [3.63, 3.8) is 0 Å². The maximum atomic E-state index is 12.5. The average Bonchev–Trinajstić information content (AvgIpc) is 2.80. The van der Waals surface area contributed by atoms with E-state index in [1.807, 2.05) is 6.08 Å². The summed E-state index contributed by atoms with van der Waals surface area (Å²) in [7, 11) is 0. The molecule has 0 atom stereocenters. The molecule has 0 bridgehead atoms. The molecule has 7 heteroatoms. The molecule has 0 aliphatic heterocycles. The summed E-state index contributed by atoms with van der Waals surface area (Å²) in [4.78, 5) is 39.8. The third-order valence-corrected chi connectivity index (χ3v) is 3.82.